The van der Waals surface area contributed by atoms with E-state index >= 15 is 0 Å². The van der Waals surface area contributed by atoms with Gasteiger partial charge in [-0.3, -0.25) is 0 Å². The van der Waals surface area contributed by atoms with Gasteiger partial charge in [0.25, 0.3) is 0 Å². The van der Waals surface area contributed by atoms with Gasteiger partial charge in [0, 0.05) is 18.9 Å². The van der Waals surface area contributed by atoms with Crippen molar-refractivity contribution in [3.05, 3.63) is 41.9 Å². The van der Waals surface area contributed by atoms with Crippen molar-refractivity contribution in [1.82, 2.24) is 14.5 Å². The molecule has 0 aliphatic heterocycles. The van der Waals surface area contributed by atoms with Crippen LogP contribution in [0.5, 0.6) is 11.6 Å². The zero-order valence-electron chi connectivity index (χ0n) is 11.7. The van der Waals surface area contributed by atoms with Crippen LogP contribution in [0.15, 0.2) is 30.7 Å². The number of imidazole rings is 1. The average Bonchev–Trinajstić information content (AvgIpc) is 2.79. The molecule has 2 aromatic heterocycles. The van der Waals surface area contributed by atoms with Gasteiger partial charge in [-0.15, -0.1) is 0 Å². The highest BCUT2D eigenvalue weighted by atomic mass is 16.5. The second-order valence-corrected chi connectivity index (χ2v) is 4.92. The molecule has 0 amide bonds. The summed E-state index contributed by atoms with van der Waals surface area (Å²) in [6.45, 7) is 3.92. The minimum absolute atomic E-state index is 0.510. The average molecular weight is 268 g/mol. The number of hydrogen-bond donors (Lipinski definition) is 1. The van der Waals surface area contributed by atoms with Crippen LogP contribution in [0, 0.1) is 13.8 Å². The SMILES string of the molecule is Cc1cc(Oc2nccc3c2ncn3C)c(C)cc1N. The molecule has 5 nitrogen and oxygen atoms in total. The first-order valence-electron chi connectivity index (χ1n) is 6.37. The molecule has 1 aromatic carbocycles. The maximum Gasteiger partial charge on any atom is 0.247 e. The predicted octanol–water partition coefficient (Wildman–Crippen LogP) is 2.96. The molecule has 3 aromatic rings. The Labute approximate surface area is 117 Å². The molecule has 5 heteroatoms. The Morgan fingerprint density at radius 1 is 1.15 bits per heavy atom. The van der Waals surface area contributed by atoms with Gasteiger partial charge in [0.05, 0.1) is 11.8 Å². The molecule has 0 saturated heterocycles. The number of nitrogens with two attached hydrogens (primary N) is 1. The number of aryl methyl sites for hydroxylation is 3. The van der Waals surface area contributed by atoms with Crippen LogP contribution in [0.2, 0.25) is 0 Å². The van der Waals surface area contributed by atoms with E-state index in [0.717, 1.165) is 33.6 Å². The molecule has 3 rings (SSSR count). The monoisotopic (exact) mass is 268 g/mol. The van der Waals surface area contributed by atoms with Crippen molar-refractivity contribution < 1.29 is 4.74 Å². The first-order chi connectivity index (χ1) is 9.56. The Hall–Kier alpha value is -2.56. The number of anilines is 1. The second-order valence-electron chi connectivity index (χ2n) is 4.92. The molecule has 0 aliphatic carbocycles. The number of fused-ring (bicyclic) bond motifs is 1. The largest absolute Gasteiger partial charge is 0.437 e. The molecule has 0 radical (unpaired) electrons. The number of rotatable bonds is 2. The van der Waals surface area contributed by atoms with E-state index in [-0.39, 0.29) is 0 Å². The summed E-state index contributed by atoms with van der Waals surface area (Å²) >= 11 is 0. The number of ether oxygens (including phenoxy) is 1. The lowest BCUT2D eigenvalue weighted by Crippen LogP contribution is -1.96. The smallest absolute Gasteiger partial charge is 0.247 e. The zero-order chi connectivity index (χ0) is 14.3. The van der Waals surface area contributed by atoms with Crippen LogP contribution in [0.3, 0.4) is 0 Å². The predicted molar refractivity (Wildman–Crippen MR) is 78.9 cm³/mol. The topological polar surface area (TPSA) is 66.0 Å². The van der Waals surface area contributed by atoms with Crippen LogP contribution >= 0.6 is 0 Å². The highest BCUT2D eigenvalue weighted by molar-refractivity contribution is 5.80. The summed E-state index contributed by atoms with van der Waals surface area (Å²) in [6.07, 6.45) is 3.47. The maximum absolute atomic E-state index is 5.93. The van der Waals surface area contributed by atoms with Gasteiger partial charge in [-0.25, -0.2) is 9.97 Å². The molecular weight excluding hydrogens is 252 g/mol. The van der Waals surface area contributed by atoms with E-state index in [0.29, 0.717) is 5.88 Å². The van der Waals surface area contributed by atoms with E-state index < -0.39 is 0 Å². The standard InChI is InChI=1S/C15H16N4O/c1-9-7-13(10(2)6-11(9)16)20-15-14-12(4-5-17-15)19(3)8-18-14/h4-8H,16H2,1-3H3. The lowest BCUT2D eigenvalue weighted by Gasteiger charge is -2.10. The third kappa shape index (κ3) is 1.97. The zero-order valence-corrected chi connectivity index (χ0v) is 11.7. The Balaban J connectivity index is 2.08. The number of nitrogen functional groups attached to an aromatic ring is 1. The second kappa shape index (κ2) is 4.52. The van der Waals surface area contributed by atoms with Crippen molar-refractivity contribution in [1.29, 1.82) is 0 Å². The van der Waals surface area contributed by atoms with E-state index in [1.165, 1.54) is 0 Å². The van der Waals surface area contributed by atoms with Gasteiger partial charge >= 0.3 is 0 Å². The molecule has 0 aliphatic rings. The van der Waals surface area contributed by atoms with Crippen molar-refractivity contribution >= 4 is 16.7 Å². The van der Waals surface area contributed by atoms with Gasteiger partial charge in [-0.2, -0.15) is 0 Å². The van der Waals surface area contributed by atoms with E-state index in [9.17, 15) is 0 Å². The van der Waals surface area contributed by atoms with Crippen LogP contribution in [0.25, 0.3) is 11.0 Å². The van der Waals surface area contributed by atoms with Crippen molar-refractivity contribution in [2.75, 3.05) is 5.73 Å². The van der Waals surface area contributed by atoms with E-state index in [4.69, 9.17) is 10.5 Å². The molecule has 0 atom stereocenters. The fraction of sp³-hybridized carbons (Fsp3) is 0.200. The summed E-state index contributed by atoms with van der Waals surface area (Å²) in [4.78, 5) is 8.61. The summed E-state index contributed by atoms with van der Waals surface area (Å²) in [7, 11) is 1.94. The fourth-order valence-corrected chi connectivity index (χ4v) is 2.14. The third-order valence-electron chi connectivity index (χ3n) is 3.38. The van der Waals surface area contributed by atoms with Crippen LogP contribution in [0.4, 0.5) is 5.69 Å². The van der Waals surface area contributed by atoms with Gasteiger partial charge in [0.1, 0.15) is 5.75 Å². The van der Waals surface area contributed by atoms with Gasteiger partial charge < -0.3 is 15.0 Å². The van der Waals surface area contributed by atoms with E-state index in [1.807, 2.05) is 43.7 Å². The first kappa shape index (κ1) is 12.5. The minimum Gasteiger partial charge on any atom is -0.437 e. The van der Waals surface area contributed by atoms with Crippen LogP contribution < -0.4 is 10.5 Å². The Kier molecular flexibility index (Phi) is 2.82. The van der Waals surface area contributed by atoms with Crippen LogP contribution in [-0.4, -0.2) is 14.5 Å². The molecule has 0 unspecified atom stereocenters. The Morgan fingerprint density at radius 2 is 1.95 bits per heavy atom. The summed E-state index contributed by atoms with van der Waals surface area (Å²) < 4.78 is 7.86. The van der Waals surface area contributed by atoms with Crippen molar-refractivity contribution in [3.8, 4) is 11.6 Å². The highest BCUT2D eigenvalue weighted by Crippen LogP contribution is 2.30. The quantitative estimate of drug-likeness (QED) is 0.726. The number of hydrogen-bond acceptors (Lipinski definition) is 4. The molecule has 0 saturated carbocycles. The van der Waals surface area contributed by atoms with Crippen molar-refractivity contribution in [3.63, 3.8) is 0 Å². The summed E-state index contributed by atoms with van der Waals surface area (Å²) in [5.74, 6) is 1.26. The third-order valence-corrected chi connectivity index (χ3v) is 3.38. The van der Waals surface area contributed by atoms with Crippen molar-refractivity contribution in [2.45, 2.75) is 13.8 Å². The Bertz CT molecular complexity index is 792. The molecule has 102 valence electrons. The molecule has 2 heterocycles. The highest BCUT2D eigenvalue weighted by Gasteiger charge is 2.11. The van der Waals surface area contributed by atoms with Crippen LogP contribution in [0.1, 0.15) is 11.1 Å². The van der Waals surface area contributed by atoms with Crippen LogP contribution in [-0.2, 0) is 7.05 Å². The summed E-state index contributed by atoms with van der Waals surface area (Å²) in [5.41, 5.74) is 10.4. The summed E-state index contributed by atoms with van der Waals surface area (Å²) in [6, 6.07) is 5.74. The van der Waals surface area contributed by atoms with Gasteiger partial charge in [-0.1, -0.05) is 0 Å². The van der Waals surface area contributed by atoms with E-state index in [1.54, 1.807) is 12.5 Å². The van der Waals surface area contributed by atoms with Gasteiger partial charge in [0.15, 0.2) is 5.52 Å². The molecular formula is C15H16N4O. The normalized spacial score (nSPS) is 10.9. The van der Waals surface area contributed by atoms with E-state index in [2.05, 4.69) is 9.97 Å². The fourth-order valence-electron chi connectivity index (χ4n) is 2.14. The number of aromatic nitrogens is 3. The number of benzene rings is 1. The molecule has 0 spiro atoms. The van der Waals surface area contributed by atoms with Gasteiger partial charge in [0.2, 0.25) is 5.88 Å². The van der Waals surface area contributed by atoms with Gasteiger partial charge in [-0.05, 0) is 43.2 Å². The number of nitrogens with zero attached hydrogens (tertiary/aromatic N) is 3. The first-order valence-corrected chi connectivity index (χ1v) is 6.37. The minimum atomic E-state index is 0.510. The summed E-state index contributed by atoms with van der Waals surface area (Å²) in [5, 5.41) is 0. The molecule has 0 bridgehead atoms. The lowest BCUT2D eigenvalue weighted by molar-refractivity contribution is 0.464. The molecule has 0 fully saturated rings. The maximum atomic E-state index is 5.93. The molecule has 2 N–H and O–H groups in total. The number of pyridine rings is 1. The lowest BCUT2D eigenvalue weighted by atomic mass is 10.1. The molecule has 20 heavy (non-hydrogen) atoms. The van der Waals surface area contributed by atoms with Crippen molar-refractivity contribution in [2.24, 2.45) is 7.05 Å². The Morgan fingerprint density at radius 3 is 2.75 bits per heavy atom.